The predicted molar refractivity (Wildman–Crippen MR) is 150 cm³/mol. The zero-order valence-corrected chi connectivity index (χ0v) is 24.2. The summed E-state index contributed by atoms with van der Waals surface area (Å²) in [5.74, 6) is 0.355. The highest BCUT2D eigenvalue weighted by Gasteiger charge is 2.44. The Hall–Kier alpha value is -2.22. The van der Waals surface area contributed by atoms with Gasteiger partial charge in [0.1, 0.15) is 17.7 Å². The summed E-state index contributed by atoms with van der Waals surface area (Å²) in [5.41, 5.74) is 2.37. The van der Waals surface area contributed by atoms with Gasteiger partial charge in [-0.3, -0.25) is 9.59 Å². The Balaban J connectivity index is 1.94. The highest BCUT2D eigenvalue weighted by Crippen LogP contribution is 2.36. The zero-order valence-electron chi connectivity index (χ0n) is 23.4. The van der Waals surface area contributed by atoms with E-state index in [0.29, 0.717) is 12.2 Å². The van der Waals surface area contributed by atoms with Gasteiger partial charge >= 0.3 is 6.09 Å². The molecule has 0 radical (unpaired) electrons. The summed E-state index contributed by atoms with van der Waals surface area (Å²) in [6.45, 7) is 9.47. The van der Waals surface area contributed by atoms with E-state index in [4.69, 9.17) is 4.74 Å². The van der Waals surface area contributed by atoms with E-state index in [-0.39, 0.29) is 23.9 Å². The van der Waals surface area contributed by atoms with Crippen molar-refractivity contribution in [3.8, 4) is 0 Å². The second kappa shape index (κ2) is 13.0. The van der Waals surface area contributed by atoms with Crippen molar-refractivity contribution < 1.29 is 19.1 Å². The number of carbonyl (C=O) groups is 3. The molecular weight excluding hydrogens is 486 g/mol. The predicted octanol–water partition coefficient (Wildman–Crippen LogP) is 5.43. The van der Waals surface area contributed by atoms with Crippen molar-refractivity contribution >= 4 is 29.7 Å². The number of benzene rings is 1. The van der Waals surface area contributed by atoms with Crippen LogP contribution < -0.4 is 10.6 Å². The average molecular weight is 532 g/mol. The second-order valence-corrected chi connectivity index (χ2v) is 12.5. The number of rotatable bonds is 10. The van der Waals surface area contributed by atoms with Crippen LogP contribution in [0.3, 0.4) is 0 Å². The fourth-order valence-corrected chi connectivity index (χ4v) is 5.37. The summed E-state index contributed by atoms with van der Waals surface area (Å²) in [6.07, 6.45) is 8.90. The fourth-order valence-electron chi connectivity index (χ4n) is 4.89. The van der Waals surface area contributed by atoms with Crippen LogP contribution in [0.4, 0.5) is 4.79 Å². The van der Waals surface area contributed by atoms with Gasteiger partial charge in [-0.05, 0) is 95.4 Å². The molecule has 0 bridgehead atoms. The number of hydrogen-bond acceptors (Lipinski definition) is 5. The molecule has 2 saturated carbocycles. The summed E-state index contributed by atoms with van der Waals surface area (Å²) in [4.78, 5) is 42.5. The number of carbonyl (C=O) groups excluding carboxylic acids is 3. The Labute approximate surface area is 226 Å². The van der Waals surface area contributed by atoms with Crippen LogP contribution in [0.1, 0.15) is 94.9 Å². The van der Waals surface area contributed by atoms with Crippen LogP contribution in [0, 0.1) is 13.8 Å². The van der Waals surface area contributed by atoms with Crippen molar-refractivity contribution in [2.24, 2.45) is 0 Å². The molecule has 3 rings (SSSR count). The standard InChI is InChI=1S/C29H45N3O4S/c1-19-12-13-21(18-20(19)2)25(26(33)30-22-10-8-7-9-11-22)32(23-14-15-23)27(34)24(16-17-37-6)31-28(35)36-29(3,4)5/h12-13,18,22-25H,7-11,14-17H2,1-6H3,(H,30,33)(H,31,35). The molecule has 8 heteroatoms. The minimum atomic E-state index is -0.764. The van der Waals surface area contributed by atoms with Gasteiger partial charge in [0, 0.05) is 12.1 Å². The molecule has 2 N–H and O–H groups in total. The van der Waals surface area contributed by atoms with Crippen molar-refractivity contribution in [2.75, 3.05) is 12.0 Å². The summed E-state index contributed by atoms with van der Waals surface area (Å²) >= 11 is 1.62. The summed E-state index contributed by atoms with van der Waals surface area (Å²) in [5, 5.41) is 6.10. The van der Waals surface area contributed by atoms with Gasteiger partial charge in [0.25, 0.3) is 0 Å². The molecule has 1 aromatic rings. The number of alkyl carbamates (subject to hydrolysis) is 1. The van der Waals surface area contributed by atoms with Crippen LogP contribution in [-0.2, 0) is 14.3 Å². The maximum atomic E-state index is 14.2. The maximum absolute atomic E-state index is 14.2. The molecule has 37 heavy (non-hydrogen) atoms. The first-order valence-electron chi connectivity index (χ1n) is 13.7. The van der Waals surface area contributed by atoms with Crippen molar-refractivity contribution in [3.05, 3.63) is 34.9 Å². The second-order valence-electron chi connectivity index (χ2n) is 11.5. The average Bonchev–Trinajstić information content (AvgIpc) is 3.66. The smallest absolute Gasteiger partial charge is 0.408 e. The molecule has 0 aliphatic heterocycles. The lowest BCUT2D eigenvalue weighted by Gasteiger charge is -2.36. The molecular formula is C29H45N3O4S. The minimum absolute atomic E-state index is 0.0200. The van der Waals surface area contributed by atoms with Crippen molar-refractivity contribution in [1.82, 2.24) is 15.5 Å². The molecule has 2 fully saturated rings. The molecule has 0 saturated heterocycles. The fraction of sp³-hybridized carbons (Fsp3) is 0.690. The van der Waals surface area contributed by atoms with Crippen LogP contribution >= 0.6 is 11.8 Å². The molecule has 2 unspecified atom stereocenters. The number of thioether (sulfide) groups is 1. The van der Waals surface area contributed by atoms with Crippen LogP contribution in [0.25, 0.3) is 0 Å². The SMILES string of the molecule is CSCCC(NC(=O)OC(C)(C)C)C(=O)N(C1CC1)C(C(=O)NC1CCCCC1)c1ccc(C)c(C)c1. The number of amides is 3. The topological polar surface area (TPSA) is 87.7 Å². The Morgan fingerprint density at radius 2 is 1.73 bits per heavy atom. The zero-order chi connectivity index (χ0) is 27.2. The molecule has 0 spiro atoms. The third kappa shape index (κ3) is 8.66. The largest absolute Gasteiger partial charge is 0.444 e. The van der Waals surface area contributed by atoms with Gasteiger partial charge in [-0.25, -0.2) is 4.79 Å². The van der Waals surface area contributed by atoms with Crippen molar-refractivity contribution in [3.63, 3.8) is 0 Å². The number of hydrogen-bond donors (Lipinski definition) is 2. The molecule has 1 aromatic carbocycles. The quantitative estimate of drug-likeness (QED) is 0.420. The molecule has 206 valence electrons. The van der Waals surface area contributed by atoms with Gasteiger partial charge in [-0.1, -0.05) is 37.5 Å². The van der Waals surface area contributed by atoms with Crippen LogP contribution in [-0.4, -0.2) is 58.5 Å². The van der Waals surface area contributed by atoms with E-state index < -0.39 is 23.8 Å². The summed E-state index contributed by atoms with van der Waals surface area (Å²) < 4.78 is 5.47. The van der Waals surface area contributed by atoms with E-state index in [1.54, 1.807) is 37.4 Å². The van der Waals surface area contributed by atoms with Gasteiger partial charge in [0.15, 0.2) is 0 Å². The van der Waals surface area contributed by atoms with E-state index in [1.165, 1.54) is 6.42 Å². The Bertz CT molecular complexity index is 951. The Kier molecular flexibility index (Phi) is 10.3. The lowest BCUT2D eigenvalue weighted by molar-refractivity contribution is -0.143. The first-order valence-corrected chi connectivity index (χ1v) is 15.1. The van der Waals surface area contributed by atoms with Gasteiger partial charge < -0.3 is 20.3 Å². The van der Waals surface area contributed by atoms with Crippen LogP contribution in [0.5, 0.6) is 0 Å². The third-order valence-corrected chi connectivity index (χ3v) is 7.76. The van der Waals surface area contributed by atoms with Crippen molar-refractivity contribution in [1.29, 1.82) is 0 Å². The first-order chi connectivity index (χ1) is 17.5. The molecule has 2 aliphatic rings. The molecule has 2 aliphatic carbocycles. The monoisotopic (exact) mass is 531 g/mol. The van der Waals surface area contributed by atoms with Gasteiger partial charge in [-0.15, -0.1) is 0 Å². The van der Waals surface area contributed by atoms with Crippen LogP contribution in [0.2, 0.25) is 0 Å². The molecule has 7 nitrogen and oxygen atoms in total. The normalized spacial score (nSPS) is 18.0. The van der Waals surface area contributed by atoms with Crippen LogP contribution in [0.15, 0.2) is 18.2 Å². The van der Waals surface area contributed by atoms with E-state index in [9.17, 15) is 14.4 Å². The number of aryl methyl sites for hydroxylation is 2. The van der Waals surface area contributed by atoms with Gasteiger partial charge in [-0.2, -0.15) is 11.8 Å². The van der Waals surface area contributed by atoms with E-state index >= 15 is 0 Å². The summed E-state index contributed by atoms with van der Waals surface area (Å²) in [7, 11) is 0. The number of ether oxygens (including phenoxy) is 1. The minimum Gasteiger partial charge on any atom is -0.444 e. The molecule has 0 aromatic heterocycles. The molecule has 2 atom stereocenters. The Morgan fingerprint density at radius 3 is 2.30 bits per heavy atom. The number of nitrogens with zero attached hydrogens (tertiary/aromatic N) is 1. The van der Waals surface area contributed by atoms with E-state index in [0.717, 1.165) is 55.2 Å². The van der Waals surface area contributed by atoms with Gasteiger partial charge in [0.05, 0.1) is 0 Å². The highest BCUT2D eigenvalue weighted by molar-refractivity contribution is 7.98. The summed E-state index contributed by atoms with van der Waals surface area (Å²) in [6, 6.07) is 4.63. The lowest BCUT2D eigenvalue weighted by Crippen LogP contribution is -2.54. The van der Waals surface area contributed by atoms with E-state index in [2.05, 4.69) is 10.6 Å². The lowest BCUT2D eigenvalue weighted by atomic mass is 9.94. The van der Waals surface area contributed by atoms with Crippen molar-refractivity contribution in [2.45, 2.75) is 116 Å². The Morgan fingerprint density at radius 1 is 1.05 bits per heavy atom. The van der Waals surface area contributed by atoms with E-state index in [1.807, 2.05) is 38.3 Å². The third-order valence-electron chi connectivity index (χ3n) is 7.12. The highest BCUT2D eigenvalue weighted by atomic mass is 32.2. The first kappa shape index (κ1) is 29.3. The number of nitrogens with one attached hydrogen (secondary N) is 2. The maximum Gasteiger partial charge on any atom is 0.408 e. The van der Waals surface area contributed by atoms with Gasteiger partial charge in [0.2, 0.25) is 11.8 Å². The molecule has 3 amide bonds. The molecule has 0 heterocycles.